The second-order valence-electron chi connectivity index (χ2n) is 4.86. The van der Waals surface area contributed by atoms with E-state index in [9.17, 15) is 4.79 Å². The lowest BCUT2D eigenvalue weighted by Gasteiger charge is -2.22. The number of nitrogens with two attached hydrogens (primary N) is 1. The SMILES string of the molecule is CC(C(=O)Nc1ccccc1)N1Cc2nc(N)sc2C1. The normalized spacial score (nSPS) is 15.8. The number of benzene rings is 1. The summed E-state index contributed by atoms with van der Waals surface area (Å²) < 4.78 is 0. The Bertz CT molecular complexity index is 602. The van der Waals surface area contributed by atoms with Crippen molar-refractivity contribution in [3.63, 3.8) is 0 Å². The van der Waals surface area contributed by atoms with Crippen LogP contribution >= 0.6 is 11.3 Å². The molecule has 0 bridgehead atoms. The van der Waals surface area contributed by atoms with Crippen LogP contribution in [-0.2, 0) is 17.9 Å². The van der Waals surface area contributed by atoms with Crippen molar-refractivity contribution in [1.82, 2.24) is 9.88 Å². The Morgan fingerprint density at radius 3 is 2.85 bits per heavy atom. The average molecular weight is 288 g/mol. The molecule has 104 valence electrons. The summed E-state index contributed by atoms with van der Waals surface area (Å²) in [6.07, 6.45) is 0. The molecular formula is C14H16N4OS. The molecule has 6 heteroatoms. The predicted octanol–water partition coefficient (Wildman–Crippen LogP) is 2.07. The molecule has 2 heterocycles. The number of amides is 1. The number of nitrogens with one attached hydrogen (secondary N) is 1. The van der Waals surface area contributed by atoms with Crippen molar-refractivity contribution in [2.24, 2.45) is 0 Å². The van der Waals surface area contributed by atoms with Crippen molar-refractivity contribution in [3.05, 3.63) is 40.9 Å². The summed E-state index contributed by atoms with van der Waals surface area (Å²) in [6, 6.07) is 9.30. The smallest absolute Gasteiger partial charge is 0.241 e. The van der Waals surface area contributed by atoms with Crippen LogP contribution in [0.1, 0.15) is 17.5 Å². The lowest BCUT2D eigenvalue weighted by Crippen LogP contribution is -2.38. The zero-order valence-electron chi connectivity index (χ0n) is 11.2. The van der Waals surface area contributed by atoms with Crippen molar-refractivity contribution in [1.29, 1.82) is 0 Å². The first-order chi connectivity index (χ1) is 9.63. The van der Waals surface area contributed by atoms with Crippen molar-refractivity contribution < 1.29 is 4.79 Å². The third-order valence-electron chi connectivity index (χ3n) is 3.46. The minimum atomic E-state index is -0.196. The number of aromatic nitrogens is 1. The van der Waals surface area contributed by atoms with E-state index >= 15 is 0 Å². The summed E-state index contributed by atoms with van der Waals surface area (Å²) in [5.74, 6) is -0.000625. The van der Waals surface area contributed by atoms with Crippen LogP contribution < -0.4 is 11.1 Å². The van der Waals surface area contributed by atoms with Gasteiger partial charge in [-0.05, 0) is 19.1 Å². The molecule has 5 nitrogen and oxygen atoms in total. The van der Waals surface area contributed by atoms with Gasteiger partial charge in [0, 0.05) is 23.7 Å². The number of nitrogens with zero attached hydrogens (tertiary/aromatic N) is 2. The topological polar surface area (TPSA) is 71.2 Å². The molecule has 0 radical (unpaired) electrons. The fourth-order valence-corrected chi connectivity index (χ4v) is 3.16. The highest BCUT2D eigenvalue weighted by atomic mass is 32.1. The highest BCUT2D eigenvalue weighted by Gasteiger charge is 2.30. The fraction of sp³-hybridized carbons (Fsp3) is 0.286. The Labute approximate surface area is 121 Å². The molecule has 20 heavy (non-hydrogen) atoms. The van der Waals surface area contributed by atoms with E-state index in [1.807, 2.05) is 37.3 Å². The number of hydrogen-bond donors (Lipinski definition) is 2. The van der Waals surface area contributed by atoms with Gasteiger partial charge in [0.25, 0.3) is 0 Å². The molecule has 1 atom stereocenters. The Kier molecular flexibility index (Phi) is 3.42. The number of para-hydroxylation sites is 1. The molecule has 0 aliphatic carbocycles. The number of fused-ring (bicyclic) bond motifs is 1. The molecule has 1 amide bonds. The van der Waals surface area contributed by atoms with Crippen LogP contribution in [0, 0.1) is 0 Å². The number of rotatable bonds is 3. The van der Waals surface area contributed by atoms with Gasteiger partial charge in [0.2, 0.25) is 5.91 Å². The molecule has 1 unspecified atom stereocenters. The predicted molar refractivity (Wildman–Crippen MR) is 80.3 cm³/mol. The second kappa shape index (κ2) is 5.22. The first-order valence-corrected chi connectivity index (χ1v) is 7.29. The first kappa shape index (κ1) is 13.1. The molecule has 3 rings (SSSR count). The Morgan fingerprint density at radius 2 is 2.15 bits per heavy atom. The fourth-order valence-electron chi connectivity index (χ4n) is 2.29. The van der Waals surface area contributed by atoms with Crippen molar-refractivity contribution in [2.75, 3.05) is 11.1 Å². The van der Waals surface area contributed by atoms with Gasteiger partial charge >= 0.3 is 0 Å². The number of carbonyl (C=O) groups is 1. The van der Waals surface area contributed by atoms with E-state index in [2.05, 4.69) is 15.2 Å². The quantitative estimate of drug-likeness (QED) is 0.907. The minimum absolute atomic E-state index is 0.000625. The number of nitrogen functional groups attached to an aromatic ring is 1. The summed E-state index contributed by atoms with van der Waals surface area (Å²) in [4.78, 5) is 19.8. The maximum atomic E-state index is 12.2. The highest BCUT2D eigenvalue weighted by molar-refractivity contribution is 7.15. The van der Waals surface area contributed by atoms with Gasteiger partial charge in [-0.25, -0.2) is 4.98 Å². The van der Waals surface area contributed by atoms with Crippen LogP contribution in [0.5, 0.6) is 0 Å². The molecule has 1 aromatic heterocycles. The van der Waals surface area contributed by atoms with Crippen LogP contribution in [0.15, 0.2) is 30.3 Å². The molecule has 1 aliphatic heterocycles. The zero-order chi connectivity index (χ0) is 14.1. The van der Waals surface area contributed by atoms with Crippen LogP contribution in [0.25, 0.3) is 0 Å². The van der Waals surface area contributed by atoms with E-state index in [4.69, 9.17) is 5.73 Å². The summed E-state index contributed by atoms with van der Waals surface area (Å²) in [7, 11) is 0. The highest BCUT2D eigenvalue weighted by Crippen LogP contribution is 2.30. The lowest BCUT2D eigenvalue weighted by atomic mass is 10.2. The molecule has 3 N–H and O–H groups in total. The monoisotopic (exact) mass is 288 g/mol. The zero-order valence-corrected chi connectivity index (χ0v) is 12.0. The molecule has 1 aliphatic rings. The molecule has 1 aromatic carbocycles. The number of anilines is 2. The van der Waals surface area contributed by atoms with Gasteiger partial charge in [-0.2, -0.15) is 0 Å². The third-order valence-corrected chi connectivity index (χ3v) is 4.37. The van der Waals surface area contributed by atoms with Gasteiger partial charge in [0.15, 0.2) is 5.13 Å². The van der Waals surface area contributed by atoms with E-state index in [0.29, 0.717) is 11.7 Å². The van der Waals surface area contributed by atoms with Gasteiger partial charge in [-0.1, -0.05) is 18.2 Å². The third kappa shape index (κ3) is 2.52. The van der Waals surface area contributed by atoms with Crippen LogP contribution in [0.2, 0.25) is 0 Å². The molecule has 0 saturated heterocycles. The lowest BCUT2D eigenvalue weighted by molar-refractivity contribution is -0.120. The van der Waals surface area contributed by atoms with Crippen LogP contribution in [0.3, 0.4) is 0 Å². The number of hydrogen-bond acceptors (Lipinski definition) is 5. The maximum Gasteiger partial charge on any atom is 0.241 e. The molecule has 0 spiro atoms. The molecule has 2 aromatic rings. The first-order valence-electron chi connectivity index (χ1n) is 6.47. The van der Waals surface area contributed by atoms with E-state index in [-0.39, 0.29) is 11.9 Å². The molecular weight excluding hydrogens is 272 g/mol. The second-order valence-corrected chi connectivity index (χ2v) is 5.97. The number of thiazole rings is 1. The van der Waals surface area contributed by atoms with Crippen molar-refractivity contribution in [3.8, 4) is 0 Å². The summed E-state index contributed by atoms with van der Waals surface area (Å²) >= 11 is 1.51. The van der Waals surface area contributed by atoms with Crippen LogP contribution in [-0.4, -0.2) is 21.8 Å². The van der Waals surface area contributed by atoms with Gasteiger partial charge in [0.1, 0.15) is 0 Å². The molecule has 0 saturated carbocycles. The Morgan fingerprint density at radius 1 is 1.40 bits per heavy atom. The number of carbonyl (C=O) groups excluding carboxylic acids is 1. The van der Waals surface area contributed by atoms with Crippen molar-refractivity contribution in [2.45, 2.75) is 26.1 Å². The van der Waals surface area contributed by atoms with E-state index < -0.39 is 0 Å². The minimum Gasteiger partial charge on any atom is -0.375 e. The van der Waals surface area contributed by atoms with Gasteiger partial charge in [-0.3, -0.25) is 9.69 Å². The van der Waals surface area contributed by atoms with E-state index in [1.54, 1.807) is 0 Å². The largest absolute Gasteiger partial charge is 0.375 e. The standard InChI is InChI=1S/C14H16N4OS/c1-9(13(19)16-10-5-3-2-4-6-10)18-7-11-12(8-18)20-14(15)17-11/h2-6,9H,7-8H2,1H3,(H2,15,17)(H,16,19). The molecule has 0 fully saturated rings. The van der Waals surface area contributed by atoms with Crippen molar-refractivity contribution >= 4 is 28.1 Å². The maximum absolute atomic E-state index is 12.2. The van der Waals surface area contributed by atoms with Gasteiger partial charge in [0.05, 0.1) is 11.7 Å². The summed E-state index contributed by atoms with van der Waals surface area (Å²) in [5, 5.41) is 3.53. The Hall–Kier alpha value is -1.92. The van der Waals surface area contributed by atoms with E-state index in [1.165, 1.54) is 16.2 Å². The van der Waals surface area contributed by atoms with E-state index in [0.717, 1.165) is 17.9 Å². The summed E-state index contributed by atoms with van der Waals surface area (Å²) in [5.41, 5.74) is 7.51. The summed E-state index contributed by atoms with van der Waals surface area (Å²) in [6.45, 7) is 3.35. The van der Waals surface area contributed by atoms with Crippen LogP contribution in [0.4, 0.5) is 10.8 Å². The van der Waals surface area contributed by atoms with Gasteiger partial charge in [-0.15, -0.1) is 11.3 Å². The average Bonchev–Trinajstić information content (AvgIpc) is 2.96. The Balaban J connectivity index is 1.64. The van der Waals surface area contributed by atoms with Gasteiger partial charge < -0.3 is 11.1 Å².